The maximum Gasteiger partial charge on any atom is 0.237 e. The zero-order valence-electron chi connectivity index (χ0n) is 11.2. The summed E-state index contributed by atoms with van der Waals surface area (Å²) in [5.74, 6) is -0.146. The van der Waals surface area contributed by atoms with E-state index in [9.17, 15) is 4.79 Å². The van der Waals surface area contributed by atoms with Gasteiger partial charge >= 0.3 is 0 Å². The Bertz CT molecular complexity index is 437. The first-order valence-electron chi connectivity index (χ1n) is 6.46. The fraction of sp³-hybridized carbons (Fsp3) is 0.500. The SMILES string of the molecule is CCCC[C@H](N)C(=O)N[C@H](C)c1ccc(Cl)cc1Cl. The van der Waals surface area contributed by atoms with Gasteiger partial charge in [-0.05, 0) is 31.0 Å². The van der Waals surface area contributed by atoms with Crippen molar-refractivity contribution in [2.75, 3.05) is 0 Å². The third kappa shape index (κ3) is 5.01. The smallest absolute Gasteiger partial charge is 0.237 e. The van der Waals surface area contributed by atoms with Crippen LogP contribution in [0.3, 0.4) is 0 Å². The lowest BCUT2D eigenvalue weighted by atomic mass is 10.1. The molecular formula is C14H20Cl2N2O. The highest BCUT2D eigenvalue weighted by Gasteiger charge is 2.17. The Labute approximate surface area is 124 Å². The molecule has 5 heteroatoms. The Kier molecular flexibility index (Phi) is 6.63. The van der Waals surface area contributed by atoms with Crippen molar-refractivity contribution >= 4 is 29.1 Å². The molecule has 19 heavy (non-hydrogen) atoms. The number of unbranched alkanes of at least 4 members (excludes halogenated alkanes) is 1. The summed E-state index contributed by atoms with van der Waals surface area (Å²) in [5.41, 5.74) is 6.66. The molecule has 0 fully saturated rings. The Balaban J connectivity index is 2.63. The molecule has 3 nitrogen and oxygen atoms in total. The minimum Gasteiger partial charge on any atom is -0.348 e. The van der Waals surface area contributed by atoms with Crippen LogP contribution in [0.15, 0.2) is 18.2 Å². The molecule has 0 heterocycles. The lowest BCUT2D eigenvalue weighted by Gasteiger charge is -2.19. The van der Waals surface area contributed by atoms with Crippen LogP contribution in [-0.4, -0.2) is 11.9 Å². The summed E-state index contributed by atoms with van der Waals surface area (Å²) in [7, 11) is 0. The number of hydrogen-bond acceptors (Lipinski definition) is 2. The van der Waals surface area contributed by atoms with Crippen molar-refractivity contribution in [2.45, 2.75) is 45.2 Å². The summed E-state index contributed by atoms with van der Waals surface area (Å²) in [4.78, 5) is 11.9. The van der Waals surface area contributed by atoms with E-state index in [1.54, 1.807) is 12.1 Å². The average Bonchev–Trinajstić information content (AvgIpc) is 2.35. The van der Waals surface area contributed by atoms with Crippen LogP contribution >= 0.6 is 23.2 Å². The van der Waals surface area contributed by atoms with E-state index in [-0.39, 0.29) is 11.9 Å². The summed E-state index contributed by atoms with van der Waals surface area (Å²) in [6.07, 6.45) is 2.67. The fourth-order valence-corrected chi connectivity index (χ4v) is 2.38. The molecule has 0 aliphatic carbocycles. The van der Waals surface area contributed by atoms with Gasteiger partial charge in [0.25, 0.3) is 0 Å². The number of halogens is 2. The summed E-state index contributed by atoms with van der Waals surface area (Å²) >= 11 is 11.9. The lowest BCUT2D eigenvalue weighted by Crippen LogP contribution is -2.41. The van der Waals surface area contributed by atoms with Crippen LogP contribution in [-0.2, 0) is 4.79 Å². The van der Waals surface area contributed by atoms with Gasteiger partial charge in [-0.15, -0.1) is 0 Å². The van der Waals surface area contributed by atoms with E-state index >= 15 is 0 Å². The quantitative estimate of drug-likeness (QED) is 0.842. The summed E-state index contributed by atoms with van der Waals surface area (Å²) in [6.45, 7) is 3.94. The Morgan fingerprint density at radius 3 is 2.68 bits per heavy atom. The zero-order valence-corrected chi connectivity index (χ0v) is 12.8. The van der Waals surface area contributed by atoms with Gasteiger partial charge < -0.3 is 11.1 Å². The summed E-state index contributed by atoms with van der Waals surface area (Å²) < 4.78 is 0. The Hall–Kier alpha value is -0.770. The molecule has 2 atom stereocenters. The van der Waals surface area contributed by atoms with Crippen molar-refractivity contribution in [2.24, 2.45) is 5.73 Å². The summed E-state index contributed by atoms with van der Waals surface area (Å²) in [6, 6.07) is 4.58. The third-order valence-corrected chi connectivity index (χ3v) is 3.56. The van der Waals surface area contributed by atoms with Gasteiger partial charge in [0.15, 0.2) is 0 Å². The van der Waals surface area contributed by atoms with E-state index in [0.29, 0.717) is 16.5 Å². The van der Waals surface area contributed by atoms with Crippen molar-refractivity contribution in [3.63, 3.8) is 0 Å². The van der Waals surface area contributed by atoms with Crippen LogP contribution in [0.4, 0.5) is 0 Å². The van der Waals surface area contributed by atoms with Crippen LogP contribution in [0.1, 0.15) is 44.7 Å². The van der Waals surface area contributed by atoms with E-state index in [0.717, 1.165) is 18.4 Å². The second kappa shape index (κ2) is 7.73. The van der Waals surface area contributed by atoms with Gasteiger partial charge in [-0.1, -0.05) is 49.0 Å². The van der Waals surface area contributed by atoms with Crippen LogP contribution in [0, 0.1) is 0 Å². The van der Waals surface area contributed by atoms with Crippen molar-refractivity contribution in [3.05, 3.63) is 33.8 Å². The largest absolute Gasteiger partial charge is 0.348 e. The van der Waals surface area contributed by atoms with E-state index in [1.807, 2.05) is 13.0 Å². The molecule has 0 aliphatic heterocycles. The average molecular weight is 303 g/mol. The summed E-state index contributed by atoms with van der Waals surface area (Å²) in [5, 5.41) is 3.99. The normalized spacial score (nSPS) is 13.9. The van der Waals surface area contributed by atoms with Crippen molar-refractivity contribution < 1.29 is 4.79 Å². The number of nitrogens with one attached hydrogen (secondary N) is 1. The second-order valence-electron chi connectivity index (χ2n) is 4.64. The maximum atomic E-state index is 11.9. The molecule has 1 amide bonds. The molecular weight excluding hydrogens is 283 g/mol. The Morgan fingerprint density at radius 1 is 1.42 bits per heavy atom. The molecule has 3 N–H and O–H groups in total. The van der Waals surface area contributed by atoms with Crippen molar-refractivity contribution in [1.82, 2.24) is 5.32 Å². The zero-order chi connectivity index (χ0) is 14.4. The van der Waals surface area contributed by atoms with Gasteiger partial charge in [0, 0.05) is 10.0 Å². The first-order chi connectivity index (χ1) is 8.95. The third-order valence-electron chi connectivity index (χ3n) is 2.99. The molecule has 0 unspecified atom stereocenters. The minimum atomic E-state index is -0.464. The monoisotopic (exact) mass is 302 g/mol. The topological polar surface area (TPSA) is 55.1 Å². The molecule has 106 valence electrons. The molecule has 1 rings (SSSR count). The number of rotatable bonds is 6. The highest BCUT2D eigenvalue weighted by molar-refractivity contribution is 6.35. The van der Waals surface area contributed by atoms with Gasteiger partial charge in [-0.3, -0.25) is 4.79 Å². The standard InChI is InChI=1S/C14H20Cl2N2O/c1-3-4-5-13(17)14(19)18-9(2)11-7-6-10(15)8-12(11)16/h6-9,13H,3-5,17H2,1-2H3,(H,18,19)/t9-,13+/m1/s1. The molecule has 0 bridgehead atoms. The molecule has 0 saturated heterocycles. The molecule has 1 aromatic carbocycles. The molecule has 1 aromatic rings. The van der Waals surface area contributed by atoms with E-state index < -0.39 is 6.04 Å². The number of benzene rings is 1. The first kappa shape index (κ1) is 16.3. The van der Waals surface area contributed by atoms with Gasteiger partial charge in [0.05, 0.1) is 12.1 Å². The molecule has 0 spiro atoms. The van der Waals surface area contributed by atoms with Crippen LogP contribution < -0.4 is 11.1 Å². The number of hydrogen-bond donors (Lipinski definition) is 2. The van der Waals surface area contributed by atoms with Gasteiger partial charge in [0.2, 0.25) is 5.91 Å². The van der Waals surface area contributed by atoms with Gasteiger partial charge in [-0.2, -0.15) is 0 Å². The van der Waals surface area contributed by atoms with Gasteiger partial charge in [0.1, 0.15) is 0 Å². The number of carbonyl (C=O) groups is 1. The van der Waals surface area contributed by atoms with Crippen molar-refractivity contribution in [3.8, 4) is 0 Å². The second-order valence-corrected chi connectivity index (χ2v) is 5.49. The number of nitrogens with two attached hydrogens (primary N) is 1. The Morgan fingerprint density at radius 2 is 2.11 bits per heavy atom. The van der Waals surface area contributed by atoms with E-state index in [2.05, 4.69) is 12.2 Å². The van der Waals surface area contributed by atoms with Crippen LogP contribution in [0.2, 0.25) is 10.0 Å². The molecule has 0 aromatic heterocycles. The van der Waals surface area contributed by atoms with Gasteiger partial charge in [-0.25, -0.2) is 0 Å². The number of carbonyl (C=O) groups excluding carboxylic acids is 1. The van der Waals surface area contributed by atoms with E-state index in [1.165, 1.54) is 0 Å². The highest BCUT2D eigenvalue weighted by atomic mass is 35.5. The van der Waals surface area contributed by atoms with Crippen molar-refractivity contribution in [1.29, 1.82) is 0 Å². The molecule has 0 aliphatic rings. The molecule has 0 saturated carbocycles. The van der Waals surface area contributed by atoms with Crippen LogP contribution in [0.5, 0.6) is 0 Å². The number of amides is 1. The highest BCUT2D eigenvalue weighted by Crippen LogP contribution is 2.26. The van der Waals surface area contributed by atoms with Crippen LogP contribution in [0.25, 0.3) is 0 Å². The maximum absolute atomic E-state index is 11.9. The lowest BCUT2D eigenvalue weighted by molar-refractivity contribution is -0.123. The molecule has 0 radical (unpaired) electrons. The first-order valence-corrected chi connectivity index (χ1v) is 7.22. The minimum absolute atomic E-state index is 0.146. The fourth-order valence-electron chi connectivity index (χ4n) is 1.81. The predicted octanol–water partition coefficient (Wildman–Crippen LogP) is 3.69. The predicted molar refractivity (Wildman–Crippen MR) is 80.5 cm³/mol. The van der Waals surface area contributed by atoms with E-state index in [4.69, 9.17) is 28.9 Å².